The Morgan fingerprint density at radius 3 is 2.36 bits per heavy atom. The highest BCUT2D eigenvalue weighted by Crippen LogP contribution is 2.23. The molecule has 1 aliphatic rings. The van der Waals surface area contributed by atoms with E-state index >= 15 is 0 Å². The number of hydrogen-bond acceptors (Lipinski definition) is 2. The zero-order valence-corrected chi connectivity index (χ0v) is 14.0. The van der Waals surface area contributed by atoms with Gasteiger partial charge in [0.25, 0.3) is 5.82 Å². The van der Waals surface area contributed by atoms with Gasteiger partial charge in [0.1, 0.15) is 12.4 Å². The van der Waals surface area contributed by atoms with Crippen molar-refractivity contribution in [3.05, 3.63) is 49.1 Å². The molecule has 22 heavy (non-hydrogen) atoms. The topological polar surface area (TPSA) is 19.2 Å². The Labute approximate surface area is 132 Å². The highest BCUT2D eigenvalue weighted by Gasteiger charge is 2.31. The molecule has 0 fully saturated rings. The monoisotopic (exact) mass is 299 g/mol. The van der Waals surface area contributed by atoms with Gasteiger partial charge < -0.3 is 4.90 Å². The lowest BCUT2D eigenvalue weighted by atomic mass is 10.3. The second-order valence-electron chi connectivity index (χ2n) is 6.09. The van der Waals surface area contributed by atoms with E-state index in [-0.39, 0.29) is 0 Å². The van der Waals surface area contributed by atoms with E-state index in [2.05, 4.69) is 88.3 Å². The van der Waals surface area contributed by atoms with Crippen LogP contribution in [-0.4, -0.2) is 21.8 Å². The van der Waals surface area contributed by atoms with Gasteiger partial charge in [-0.1, -0.05) is 4.68 Å². The predicted molar refractivity (Wildman–Crippen MR) is 86.2 cm³/mol. The number of pyridine rings is 1. The van der Waals surface area contributed by atoms with Crippen molar-refractivity contribution in [3.8, 4) is 5.82 Å². The molecule has 1 atom stereocenters. The zero-order chi connectivity index (χ0) is 15.9. The Bertz CT molecular complexity index is 701. The van der Waals surface area contributed by atoms with Gasteiger partial charge in [-0.15, -0.1) is 0 Å². The molecule has 0 saturated heterocycles. The molecular weight excluding hydrogens is 274 g/mol. The molecule has 116 valence electrons. The Hall–Kier alpha value is -2.30. The molecule has 5 heteroatoms. The van der Waals surface area contributed by atoms with Crippen LogP contribution in [0.3, 0.4) is 0 Å². The van der Waals surface area contributed by atoms with Gasteiger partial charge in [-0.3, -0.25) is 0 Å². The number of rotatable bonds is 3. The van der Waals surface area contributed by atoms with E-state index in [1.54, 1.807) is 0 Å². The normalized spacial score (nSPS) is 17.8. The summed E-state index contributed by atoms with van der Waals surface area (Å²) in [7, 11) is 4.16. The van der Waals surface area contributed by atoms with Crippen LogP contribution in [0.15, 0.2) is 49.1 Å². The lowest BCUT2D eigenvalue weighted by molar-refractivity contribution is -0.763. The van der Waals surface area contributed by atoms with E-state index < -0.39 is 0 Å². The van der Waals surface area contributed by atoms with Crippen LogP contribution in [0.5, 0.6) is 0 Å². The second-order valence-corrected chi connectivity index (χ2v) is 6.09. The fraction of sp³-hybridized carbons (Fsp3) is 0.412. The first-order valence-corrected chi connectivity index (χ1v) is 7.77. The maximum absolute atomic E-state index is 2.36. The van der Waals surface area contributed by atoms with Crippen molar-refractivity contribution in [1.29, 1.82) is 0 Å². The number of hydrogen-bond donors (Lipinski definition) is 0. The third-order valence-electron chi connectivity index (χ3n) is 4.38. The fourth-order valence-corrected chi connectivity index (χ4v) is 3.12. The summed E-state index contributed by atoms with van der Waals surface area (Å²) in [6, 6.07) is 8.95. The Morgan fingerprint density at radius 2 is 1.77 bits per heavy atom. The third-order valence-corrected chi connectivity index (χ3v) is 4.38. The van der Waals surface area contributed by atoms with Crippen LogP contribution in [0.4, 0.5) is 5.82 Å². The van der Waals surface area contributed by atoms with E-state index in [0.29, 0.717) is 12.2 Å². The number of anilines is 1. The van der Waals surface area contributed by atoms with Gasteiger partial charge in [0.05, 0.1) is 13.2 Å². The fourth-order valence-electron chi connectivity index (χ4n) is 3.12. The number of nitrogens with zero attached hydrogens (tertiary/aromatic N) is 5. The van der Waals surface area contributed by atoms with Crippen LogP contribution in [0.1, 0.15) is 20.8 Å². The molecule has 0 spiro atoms. The molecule has 5 nitrogen and oxygen atoms in total. The largest absolute Gasteiger partial charge is 0.340 e. The molecular formula is C17H25N5+2. The quantitative estimate of drug-likeness (QED) is 0.800. The summed E-state index contributed by atoms with van der Waals surface area (Å²) in [4.78, 5) is 4.68. The second kappa shape index (κ2) is 5.48. The molecule has 0 aromatic carbocycles. The van der Waals surface area contributed by atoms with Gasteiger partial charge in [0.15, 0.2) is 7.05 Å². The van der Waals surface area contributed by atoms with Crippen LogP contribution in [0.2, 0.25) is 0 Å². The van der Waals surface area contributed by atoms with Crippen LogP contribution in [0, 0.1) is 0 Å². The molecule has 1 aliphatic heterocycles. The van der Waals surface area contributed by atoms with Crippen molar-refractivity contribution in [1.82, 2.24) is 9.58 Å². The summed E-state index contributed by atoms with van der Waals surface area (Å²) < 4.78 is 6.43. The Kier molecular flexibility index (Phi) is 3.64. The summed E-state index contributed by atoms with van der Waals surface area (Å²) >= 11 is 0. The number of aromatic nitrogens is 3. The molecule has 2 aromatic heterocycles. The summed E-state index contributed by atoms with van der Waals surface area (Å²) in [5.41, 5.74) is 0. The highest BCUT2D eigenvalue weighted by atomic mass is 15.5. The van der Waals surface area contributed by atoms with E-state index in [4.69, 9.17) is 0 Å². The highest BCUT2D eigenvalue weighted by molar-refractivity contribution is 5.42. The van der Waals surface area contributed by atoms with Crippen LogP contribution in [-0.2, 0) is 14.1 Å². The van der Waals surface area contributed by atoms with Crippen LogP contribution in [0.25, 0.3) is 5.82 Å². The van der Waals surface area contributed by atoms with Crippen molar-refractivity contribution in [3.63, 3.8) is 0 Å². The minimum atomic E-state index is 0.319. The van der Waals surface area contributed by atoms with Gasteiger partial charge in [-0.2, -0.15) is 0 Å². The van der Waals surface area contributed by atoms with Crippen LogP contribution < -0.4 is 14.1 Å². The summed E-state index contributed by atoms with van der Waals surface area (Å²) in [5, 5.41) is 0. The SMILES string of the molecule is CC(C)N1C=CN(c2cccc(-n3ccc[n+]3C)[n+]2C)C1C. The van der Waals surface area contributed by atoms with Gasteiger partial charge in [-0.05, 0) is 31.5 Å². The molecule has 0 N–H and O–H groups in total. The molecule has 0 aliphatic carbocycles. The molecule has 0 bridgehead atoms. The summed E-state index contributed by atoms with van der Waals surface area (Å²) in [5.74, 6) is 2.31. The van der Waals surface area contributed by atoms with E-state index in [1.165, 1.54) is 5.82 Å². The standard InChI is InChI=1S/C17H25N5/c1-14(2)20-12-13-21(15(20)3)16-8-6-9-17(19(16)5)22-11-7-10-18(22)4/h6-15H,1-5H3/q+2. The van der Waals surface area contributed by atoms with Gasteiger partial charge in [0, 0.05) is 30.4 Å². The molecule has 1 unspecified atom stereocenters. The maximum Gasteiger partial charge on any atom is 0.289 e. The van der Waals surface area contributed by atoms with Crippen molar-refractivity contribution < 1.29 is 9.25 Å². The average molecular weight is 299 g/mol. The van der Waals surface area contributed by atoms with E-state index in [1.807, 2.05) is 19.3 Å². The average Bonchev–Trinajstić information content (AvgIpc) is 3.06. The Balaban J connectivity index is 2.00. The van der Waals surface area contributed by atoms with Crippen molar-refractivity contribution in [2.75, 3.05) is 4.90 Å². The Morgan fingerprint density at radius 1 is 1.05 bits per heavy atom. The minimum Gasteiger partial charge on any atom is -0.340 e. The summed E-state index contributed by atoms with van der Waals surface area (Å²) in [6.07, 6.45) is 8.78. The van der Waals surface area contributed by atoms with E-state index in [0.717, 1.165) is 5.82 Å². The molecule has 0 radical (unpaired) electrons. The molecule has 3 heterocycles. The first kappa shape index (κ1) is 14.6. The van der Waals surface area contributed by atoms with Crippen molar-refractivity contribution in [2.45, 2.75) is 33.0 Å². The third kappa shape index (κ3) is 2.26. The maximum atomic E-state index is 2.36. The van der Waals surface area contributed by atoms with Gasteiger partial charge >= 0.3 is 0 Å². The summed E-state index contributed by atoms with van der Waals surface area (Å²) in [6.45, 7) is 6.68. The van der Waals surface area contributed by atoms with Crippen molar-refractivity contribution >= 4 is 5.82 Å². The zero-order valence-electron chi connectivity index (χ0n) is 14.0. The van der Waals surface area contributed by atoms with Gasteiger partial charge in [0.2, 0.25) is 12.0 Å². The van der Waals surface area contributed by atoms with Crippen molar-refractivity contribution in [2.24, 2.45) is 14.1 Å². The lowest BCUT2D eigenvalue weighted by Crippen LogP contribution is -2.49. The number of aryl methyl sites for hydroxylation is 1. The molecule has 0 saturated carbocycles. The van der Waals surface area contributed by atoms with E-state index in [9.17, 15) is 0 Å². The molecule has 3 rings (SSSR count). The molecule has 2 aromatic rings. The van der Waals surface area contributed by atoms with Gasteiger partial charge in [-0.25, -0.2) is 9.47 Å². The first-order valence-electron chi connectivity index (χ1n) is 7.77. The first-order chi connectivity index (χ1) is 10.5. The predicted octanol–water partition coefficient (Wildman–Crippen LogP) is 1.47. The minimum absolute atomic E-state index is 0.319. The molecule has 0 amide bonds. The smallest absolute Gasteiger partial charge is 0.289 e. The van der Waals surface area contributed by atoms with Crippen LogP contribution >= 0.6 is 0 Å². The lowest BCUT2D eigenvalue weighted by Gasteiger charge is -2.29.